The molecule has 2 aliphatic heterocycles. The fraction of sp³-hybridized carbons (Fsp3) is 0.941. The molecule has 0 radical (unpaired) electrons. The molecule has 122 valence electrons. The first kappa shape index (κ1) is 16.8. The highest BCUT2D eigenvalue weighted by Gasteiger charge is 2.35. The lowest BCUT2D eigenvalue weighted by Gasteiger charge is -2.47. The summed E-state index contributed by atoms with van der Waals surface area (Å²) >= 11 is 0. The van der Waals surface area contributed by atoms with Crippen LogP contribution in [0.3, 0.4) is 0 Å². The predicted molar refractivity (Wildman–Crippen MR) is 87.1 cm³/mol. The number of piperazine rings is 1. The summed E-state index contributed by atoms with van der Waals surface area (Å²) in [5, 5.41) is 0. The molecule has 0 aromatic carbocycles. The molecule has 2 fully saturated rings. The van der Waals surface area contributed by atoms with Crippen molar-refractivity contribution in [3.63, 3.8) is 0 Å². The average molecular weight is 295 g/mol. The summed E-state index contributed by atoms with van der Waals surface area (Å²) in [4.78, 5) is 17.3. The standard InChI is InChI=1S/C17H33N3O/c1-13-11-19-8-6-5-7-15(19)12-20(13)16(21)9-14(18)10-17(2,3)4/h13-15H,5-12,18H2,1-4H3. The van der Waals surface area contributed by atoms with E-state index in [4.69, 9.17) is 5.73 Å². The Kier molecular flexibility index (Phi) is 5.31. The van der Waals surface area contributed by atoms with E-state index in [0.717, 1.165) is 19.5 Å². The summed E-state index contributed by atoms with van der Waals surface area (Å²) in [5.41, 5.74) is 6.37. The number of nitrogens with zero attached hydrogens (tertiary/aromatic N) is 2. The van der Waals surface area contributed by atoms with Crippen molar-refractivity contribution in [3.8, 4) is 0 Å². The molecule has 0 aromatic heterocycles. The van der Waals surface area contributed by atoms with Crippen LogP contribution in [0.25, 0.3) is 0 Å². The van der Waals surface area contributed by atoms with Gasteiger partial charge in [0.1, 0.15) is 0 Å². The number of hydrogen-bond acceptors (Lipinski definition) is 3. The smallest absolute Gasteiger partial charge is 0.224 e. The van der Waals surface area contributed by atoms with Gasteiger partial charge < -0.3 is 10.6 Å². The third-order valence-corrected chi connectivity index (χ3v) is 4.82. The Morgan fingerprint density at radius 1 is 1.29 bits per heavy atom. The molecule has 2 heterocycles. The molecular weight excluding hydrogens is 262 g/mol. The van der Waals surface area contributed by atoms with E-state index in [1.165, 1.54) is 25.8 Å². The molecule has 2 rings (SSSR count). The summed E-state index contributed by atoms with van der Waals surface area (Å²) in [5.74, 6) is 0.254. The fourth-order valence-electron chi connectivity index (χ4n) is 3.90. The van der Waals surface area contributed by atoms with Gasteiger partial charge >= 0.3 is 0 Å². The number of hydrogen-bond donors (Lipinski definition) is 1. The van der Waals surface area contributed by atoms with Gasteiger partial charge in [0.05, 0.1) is 0 Å². The second-order valence-electron chi connectivity index (χ2n) is 8.27. The van der Waals surface area contributed by atoms with E-state index < -0.39 is 0 Å². The Balaban J connectivity index is 1.89. The van der Waals surface area contributed by atoms with Crippen LogP contribution >= 0.6 is 0 Å². The van der Waals surface area contributed by atoms with Gasteiger partial charge in [-0.15, -0.1) is 0 Å². The molecule has 0 saturated carbocycles. The van der Waals surface area contributed by atoms with E-state index in [9.17, 15) is 4.79 Å². The predicted octanol–water partition coefficient (Wildman–Crippen LogP) is 2.23. The van der Waals surface area contributed by atoms with Crippen molar-refractivity contribution >= 4 is 5.91 Å². The summed E-state index contributed by atoms with van der Waals surface area (Å²) in [6.45, 7) is 11.9. The van der Waals surface area contributed by atoms with Crippen LogP contribution in [0.5, 0.6) is 0 Å². The summed E-state index contributed by atoms with van der Waals surface area (Å²) in [6, 6.07) is 0.889. The van der Waals surface area contributed by atoms with Crippen LogP contribution < -0.4 is 5.73 Å². The lowest BCUT2D eigenvalue weighted by atomic mass is 9.87. The number of amides is 1. The number of nitrogens with two attached hydrogens (primary N) is 1. The quantitative estimate of drug-likeness (QED) is 0.868. The second kappa shape index (κ2) is 6.66. The first-order valence-corrected chi connectivity index (χ1v) is 8.55. The van der Waals surface area contributed by atoms with Gasteiger partial charge in [-0.3, -0.25) is 9.69 Å². The molecule has 4 heteroatoms. The number of carbonyl (C=O) groups excluding carboxylic acids is 1. The van der Waals surface area contributed by atoms with E-state index >= 15 is 0 Å². The van der Waals surface area contributed by atoms with Gasteiger partial charge in [0.2, 0.25) is 5.91 Å². The normalized spacial score (nSPS) is 29.1. The molecule has 0 bridgehead atoms. The number of rotatable bonds is 3. The van der Waals surface area contributed by atoms with Crippen LogP contribution in [0.2, 0.25) is 0 Å². The van der Waals surface area contributed by atoms with Crippen LogP contribution in [-0.2, 0) is 4.79 Å². The van der Waals surface area contributed by atoms with Gasteiger partial charge in [0.15, 0.2) is 0 Å². The van der Waals surface area contributed by atoms with Crippen LogP contribution in [0.1, 0.15) is 59.8 Å². The van der Waals surface area contributed by atoms with Crippen molar-refractivity contribution in [1.29, 1.82) is 0 Å². The first-order valence-electron chi connectivity index (χ1n) is 8.55. The van der Waals surface area contributed by atoms with Gasteiger partial charge in [0, 0.05) is 37.6 Å². The highest BCUT2D eigenvalue weighted by Crippen LogP contribution is 2.26. The lowest BCUT2D eigenvalue weighted by Crippen LogP contribution is -2.60. The molecule has 3 unspecified atom stereocenters. The Morgan fingerprint density at radius 2 is 2.00 bits per heavy atom. The first-order chi connectivity index (χ1) is 9.76. The van der Waals surface area contributed by atoms with Crippen molar-refractivity contribution < 1.29 is 4.79 Å². The molecule has 2 aliphatic rings. The third kappa shape index (κ3) is 4.68. The van der Waals surface area contributed by atoms with Crippen molar-refractivity contribution in [1.82, 2.24) is 9.80 Å². The topological polar surface area (TPSA) is 49.6 Å². The summed E-state index contributed by atoms with van der Waals surface area (Å²) in [7, 11) is 0. The van der Waals surface area contributed by atoms with E-state index in [-0.39, 0.29) is 17.4 Å². The minimum absolute atomic E-state index is 0.0194. The van der Waals surface area contributed by atoms with E-state index in [0.29, 0.717) is 18.5 Å². The van der Waals surface area contributed by atoms with Crippen molar-refractivity contribution in [2.45, 2.75) is 77.9 Å². The van der Waals surface area contributed by atoms with Gasteiger partial charge in [-0.05, 0) is 38.1 Å². The number of carbonyl (C=O) groups is 1. The highest BCUT2D eigenvalue weighted by molar-refractivity contribution is 5.77. The van der Waals surface area contributed by atoms with E-state index in [1.54, 1.807) is 0 Å². The third-order valence-electron chi connectivity index (χ3n) is 4.82. The average Bonchev–Trinajstić information content (AvgIpc) is 2.35. The minimum Gasteiger partial charge on any atom is -0.337 e. The Morgan fingerprint density at radius 3 is 2.67 bits per heavy atom. The monoisotopic (exact) mass is 295 g/mol. The largest absolute Gasteiger partial charge is 0.337 e. The zero-order chi connectivity index (χ0) is 15.6. The van der Waals surface area contributed by atoms with Gasteiger partial charge in [-0.2, -0.15) is 0 Å². The molecule has 0 aliphatic carbocycles. The highest BCUT2D eigenvalue weighted by atomic mass is 16.2. The molecule has 1 amide bonds. The molecule has 0 spiro atoms. The Labute approximate surface area is 130 Å². The lowest BCUT2D eigenvalue weighted by molar-refractivity contribution is -0.138. The molecule has 4 nitrogen and oxygen atoms in total. The van der Waals surface area contributed by atoms with Crippen molar-refractivity contribution in [3.05, 3.63) is 0 Å². The van der Waals surface area contributed by atoms with Crippen molar-refractivity contribution in [2.24, 2.45) is 11.1 Å². The number of piperidine rings is 1. The summed E-state index contributed by atoms with van der Waals surface area (Å²) in [6.07, 6.45) is 5.25. The van der Waals surface area contributed by atoms with Gasteiger partial charge in [-0.25, -0.2) is 0 Å². The SMILES string of the molecule is CC1CN2CCCCC2CN1C(=O)CC(N)CC(C)(C)C. The van der Waals surface area contributed by atoms with Crippen LogP contribution in [0.15, 0.2) is 0 Å². The zero-order valence-electron chi connectivity index (χ0n) is 14.3. The minimum atomic E-state index is -0.0194. The van der Waals surface area contributed by atoms with Gasteiger partial charge in [0.25, 0.3) is 0 Å². The maximum Gasteiger partial charge on any atom is 0.224 e. The van der Waals surface area contributed by atoms with Crippen molar-refractivity contribution in [2.75, 3.05) is 19.6 Å². The van der Waals surface area contributed by atoms with Crippen LogP contribution in [-0.4, -0.2) is 53.5 Å². The molecule has 21 heavy (non-hydrogen) atoms. The van der Waals surface area contributed by atoms with E-state index in [2.05, 4.69) is 37.5 Å². The molecule has 2 N–H and O–H groups in total. The zero-order valence-corrected chi connectivity index (χ0v) is 14.3. The second-order valence-corrected chi connectivity index (χ2v) is 8.27. The van der Waals surface area contributed by atoms with Crippen LogP contribution in [0.4, 0.5) is 0 Å². The molecule has 0 aromatic rings. The fourth-order valence-corrected chi connectivity index (χ4v) is 3.90. The molecule has 2 saturated heterocycles. The molecule has 3 atom stereocenters. The van der Waals surface area contributed by atoms with Crippen LogP contribution in [0, 0.1) is 5.41 Å². The Bertz CT molecular complexity index is 364. The Hall–Kier alpha value is -0.610. The van der Waals surface area contributed by atoms with E-state index in [1.807, 2.05) is 0 Å². The molecular formula is C17H33N3O. The van der Waals surface area contributed by atoms with Gasteiger partial charge in [-0.1, -0.05) is 27.2 Å². The number of fused-ring (bicyclic) bond motifs is 1. The maximum atomic E-state index is 12.6. The maximum absolute atomic E-state index is 12.6. The summed E-state index contributed by atoms with van der Waals surface area (Å²) < 4.78 is 0.